The summed E-state index contributed by atoms with van der Waals surface area (Å²) in [6.07, 6.45) is 2.70. The van der Waals surface area contributed by atoms with Crippen LogP contribution in [0.3, 0.4) is 0 Å². The van der Waals surface area contributed by atoms with Gasteiger partial charge in [0.2, 0.25) is 5.43 Å². The monoisotopic (exact) mass is 389 g/mol. The highest BCUT2D eigenvalue weighted by atomic mass is 19.1. The number of rotatable bonds is 3. The summed E-state index contributed by atoms with van der Waals surface area (Å²) in [4.78, 5) is 26.1. The van der Waals surface area contributed by atoms with Crippen LogP contribution in [0.5, 0.6) is 0 Å². The number of aliphatic hydroxyl groups excluding tert-OH is 1. The summed E-state index contributed by atoms with van der Waals surface area (Å²) in [5.74, 6) is -1.99. The average molecular weight is 389 g/mol. The number of halogens is 1. The molecule has 0 saturated carbocycles. The van der Waals surface area contributed by atoms with Gasteiger partial charge in [0.15, 0.2) is 0 Å². The molecule has 150 valence electrons. The molecule has 0 aliphatic carbocycles. The molecule has 0 amide bonds. The van der Waals surface area contributed by atoms with E-state index in [1.807, 2.05) is 11.8 Å². The first kappa shape index (κ1) is 18.9. The fourth-order valence-electron chi connectivity index (χ4n) is 4.58. The van der Waals surface area contributed by atoms with E-state index in [0.717, 1.165) is 12.0 Å². The van der Waals surface area contributed by atoms with Gasteiger partial charge in [-0.2, -0.15) is 0 Å². The fourth-order valence-corrected chi connectivity index (χ4v) is 4.58. The predicted octanol–water partition coefficient (Wildman–Crippen LogP) is 1.49. The van der Waals surface area contributed by atoms with Crippen molar-refractivity contribution in [3.63, 3.8) is 0 Å². The number of aryl methyl sites for hydroxylation is 1. The van der Waals surface area contributed by atoms with Crippen molar-refractivity contribution < 1.29 is 19.4 Å². The van der Waals surface area contributed by atoms with Crippen LogP contribution in [0.1, 0.15) is 41.7 Å². The lowest BCUT2D eigenvalue weighted by atomic mass is 9.90. The van der Waals surface area contributed by atoms with Crippen molar-refractivity contribution in [3.8, 4) is 0 Å². The van der Waals surface area contributed by atoms with Gasteiger partial charge in [-0.15, -0.1) is 0 Å². The molecule has 0 radical (unpaired) electrons. The summed E-state index contributed by atoms with van der Waals surface area (Å²) in [6.45, 7) is 3.22. The summed E-state index contributed by atoms with van der Waals surface area (Å²) < 4.78 is 17.0. The van der Waals surface area contributed by atoms with Crippen molar-refractivity contribution in [2.45, 2.75) is 38.3 Å². The number of hydrogen-bond donors (Lipinski definition) is 3. The highest BCUT2D eigenvalue weighted by Gasteiger charge is 2.32. The summed E-state index contributed by atoms with van der Waals surface area (Å²) in [6, 6.07) is 1.17. The quantitative estimate of drug-likeness (QED) is 0.734. The van der Waals surface area contributed by atoms with E-state index in [4.69, 9.17) is 5.73 Å². The Kier molecular flexibility index (Phi) is 4.63. The average Bonchev–Trinajstić information content (AvgIpc) is 2.66. The van der Waals surface area contributed by atoms with Crippen molar-refractivity contribution in [2.75, 3.05) is 24.5 Å². The van der Waals surface area contributed by atoms with E-state index in [-0.39, 0.29) is 22.9 Å². The third kappa shape index (κ3) is 2.79. The van der Waals surface area contributed by atoms with Gasteiger partial charge < -0.3 is 25.4 Å². The maximum atomic E-state index is 15.2. The molecule has 2 unspecified atom stereocenters. The van der Waals surface area contributed by atoms with Crippen LogP contribution >= 0.6 is 0 Å². The van der Waals surface area contributed by atoms with Crippen LogP contribution in [0.4, 0.5) is 10.1 Å². The molecule has 2 aliphatic rings. The Morgan fingerprint density at radius 2 is 2.14 bits per heavy atom. The molecule has 1 aromatic heterocycles. The number of aromatic nitrogens is 1. The van der Waals surface area contributed by atoms with Crippen molar-refractivity contribution in [3.05, 3.63) is 39.4 Å². The Labute approximate surface area is 161 Å². The lowest BCUT2D eigenvalue weighted by Crippen LogP contribution is -2.47. The van der Waals surface area contributed by atoms with Gasteiger partial charge >= 0.3 is 5.97 Å². The Hall–Kier alpha value is -2.45. The third-order valence-electron chi connectivity index (χ3n) is 6.17. The Morgan fingerprint density at radius 3 is 2.82 bits per heavy atom. The van der Waals surface area contributed by atoms with Gasteiger partial charge in [-0.25, -0.2) is 9.18 Å². The zero-order valence-corrected chi connectivity index (χ0v) is 15.7. The molecule has 0 bridgehead atoms. The number of hydrogen-bond acceptors (Lipinski definition) is 5. The number of nitrogens with two attached hydrogens (primary N) is 1. The molecule has 8 heteroatoms. The predicted molar refractivity (Wildman–Crippen MR) is 104 cm³/mol. The van der Waals surface area contributed by atoms with Crippen molar-refractivity contribution in [1.82, 2.24) is 4.57 Å². The summed E-state index contributed by atoms with van der Waals surface area (Å²) in [5, 5.41) is 19.6. The van der Waals surface area contributed by atoms with Gasteiger partial charge in [-0.1, -0.05) is 0 Å². The minimum absolute atomic E-state index is 0.00646. The molecule has 2 aromatic rings. The van der Waals surface area contributed by atoms with Crippen molar-refractivity contribution >= 4 is 22.6 Å². The number of carbonyl (C=O) groups is 1. The van der Waals surface area contributed by atoms with Crippen molar-refractivity contribution in [2.24, 2.45) is 11.7 Å². The molecule has 0 spiro atoms. The normalized spacial score (nSPS) is 24.6. The Bertz CT molecular complexity index is 1020. The van der Waals surface area contributed by atoms with Crippen molar-refractivity contribution in [1.29, 1.82) is 0 Å². The van der Waals surface area contributed by atoms with Crippen LogP contribution in [0.2, 0.25) is 0 Å². The molecular weight excluding hydrogens is 365 g/mol. The Balaban J connectivity index is 1.96. The van der Waals surface area contributed by atoms with E-state index in [2.05, 4.69) is 0 Å². The second-order valence-corrected chi connectivity index (χ2v) is 7.85. The highest BCUT2D eigenvalue weighted by Crippen LogP contribution is 2.39. The topological polar surface area (TPSA) is 109 Å². The van der Waals surface area contributed by atoms with Crippen LogP contribution in [0, 0.1) is 11.7 Å². The molecule has 3 atom stereocenters. The van der Waals surface area contributed by atoms with Gasteiger partial charge in [0.25, 0.3) is 0 Å². The van der Waals surface area contributed by atoms with E-state index in [0.29, 0.717) is 43.7 Å². The summed E-state index contributed by atoms with van der Waals surface area (Å²) in [7, 11) is 0. The first-order valence-corrected chi connectivity index (χ1v) is 9.60. The number of benzene rings is 1. The molecule has 7 nitrogen and oxygen atoms in total. The molecule has 1 saturated heterocycles. The number of pyridine rings is 1. The third-order valence-corrected chi connectivity index (χ3v) is 6.17. The van der Waals surface area contributed by atoms with Gasteiger partial charge in [0.1, 0.15) is 11.4 Å². The number of aliphatic hydroxyl groups is 1. The second-order valence-electron chi connectivity index (χ2n) is 7.85. The SMILES string of the molecule is C[C@H]1CCc2c(N3CCC(O)C(CN)C3)c(F)cc3c(=O)c(C(=O)O)cn1c23. The van der Waals surface area contributed by atoms with Crippen LogP contribution < -0.4 is 16.1 Å². The number of aromatic carboxylic acids is 1. The standard InChI is InChI=1S/C20H24FN3O4/c1-10-2-3-12-17-13(19(26)14(20(27)28)9-24(10)17)6-15(21)18(12)23-5-4-16(25)11(7-22)8-23/h6,9-11,16,25H,2-5,7-8,22H2,1H3,(H,27,28)/t10-,11?,16?/m0/s1. The fraction of sp³-hybridized carbons (Fsp3) is 0.500. The first-order valence-electron chi connectivity index (χ1n) is 9.60. The van der Waals surface area contributed by atoms with E-state index < -0.39 is 23.3 Å². The first-order chi connectivity index (χ1) is 13.3. The van der Waals surface area contributed by atoms with Gasteiger partial charge in [-0.05, 0) is 38.8 Å². The van der Waals surface area contributed by atoms with Crippen LogP contribution in [0.25, 0.3) is 10.9 Å². The molecule has 1 aromatic carbocycles. The molecule has 1 fully saturated rings. The smallest absolute Gasteiger partial charge is 0.341 e. The lowest BCUT2D eigenvalue weighted by Gasteiger charge is -2.39. The maximum Gasteiger partial charge on any atom is 0.341 e. The van der Waals surface area contributed by atoms with E-state index in [1.165, 1.54) is 12.3 Å². The van der Waals surface area contributed by atoms with Gasteiger partial charge in [0.05, 0.1) is 17.3 Å². The van der Waals surface area contributed by atoms with E-state index >= 15 is 4.39 Å². The number of anilines is 1. The number of piperidine rings is 1. The maximum absolute atomic E-state index is 15.2. The summed E-state index contributed by atoms with van der Waals surface area (Å²) >= 11 is 0. The zero-order chi connectivity index (χ0) is 20.2. The molecule has 2 aliphatic heterocycles. The van der Waals surface area contributed by atoms with E-state index in [1.54, 1.807) is 4.57 Å². The minimum Gasteiger partial charge on any atom is -0.477 e. The second kappa shape index (κ2) is 6.86. The Morgan fingerprint density at radius 1 is 1.39 bits per heavy atom. The molecule has 4 N–H and O–H groups in total. The minimum atomic E-state index is -1.31. The highest BCUT2D eigenvalue weighted by molar-refractivity contribution is 5.95. The van der Waals surface area contributed by atoms with Crippen LogP contribution in [-0.4, -0.2) is 46.5 Å². The van der Waals surface area contributed by atoms with E-state index in [9.17, 15) is 19.8 Å². The number of carboxylic acids is 1. The van der Waals surface area contributed by atoms with Gasteiger partial charge in [-0.3, -0.25) is 4.79 Å². The zero-order valence-electron chi connectivity index (χ0n) is 15.7. The largest absolute Gasteiger partial charge is 0.477 e. The van der Waals surface area contributed by atoms with Crippen LogP contribution in [0.15, 0.2) is 17.1 Å². The van der Waals surface area contributed by atoms with Gasteiger partial charge in [0, 0.05) is 42.2 Å². The number of nitrogens with zero attached hydrogens (tertiary/aromatic N) is 2. The lowest BCUT2D eigenvalue weighted by molar-refractivity contribution is 0.0694. The summed E-state index contributed by atoms with van der Waals surface area (Å²) in [5.41, 5.74) is 6.56. The number of carboxylic acid groups (broad SMARTS) is 1. The molecule has 28 heavy (non-hydrogen) atoms. The molecule has 3 heterocycles. The van der Waals surface area contributed by atoms with Crippen LogP contribution in [-0.2, 0) is 6.42 Å². The molecule has 4 rings (SSSR count). The molecular formula is C20H24FN3O4.